The van der Waals surface area contributed by atoms with Crippen LogP contribution in [0.2, 0.25) is 0 Å². The predicted octanol–water partition coefficient (Wildman–Crippen LogP) is 5.50. The summed E-state index contributed by atoms with van der Waals surface area (Å²) in [7, 11) is 7.90. The van der Waals surface area contributed by atoms with E-state index in [1.54, 1.807) is 0 Å². The summed E-state index contributed by atoms with van der Waals surface area (Å²) in [6.07, 6.45) is -0.455. The summed E-state index contributed by atoms with van der Waals surface area (Å²) in [4.78, 5) is 0. The Kier molecular flexibility index (Phi) is 4.51. The van der Waals surface area contributed by atoms with E-state index in [4.69, 9.17) is 0 Å². The largest absolute Gasteiger partial charge is 0.391 e. The zero-order valence-electron chi connectivity index (χ0n) is 11.5. The lowest BCUT2D eigenvalue weighted by Gasteiger charge is -2.76. The summed E-state index contributed by atoms with van der Waals surface area (Å²) in [6.45, 7) is 0. The number of aliphatic hydroxyl groups is 2. The molecule has 0 unspecified atom stereocenters. The fourth-order valence-corrected chi connectivity index (χ4v) is 38.8. The van der Waals surface area contributed by atoms with Crippen LogP contribution in [0.1, 0.15) is 0 Å². The van der Waals surface area contributed by atoms with Crippen LogP contribution >= 0.6 is 82.9 Å². The molecule has 0 aliphatic carbocycles. The summed E-state index contributed by atoms with van der Waals surface area (Å²) in [5, 5.41) is 29.3. The molecular weight excluding hydrogens is 433 g/mol. The molecule has 0 amide bonds. The molecule has 0 atom stereocenters. The van der Waals surface area contributed by atoms with Crippen molar-refractivity contribution in [2.45, 2.75) is 12.2 Å². The summed E-state index contributed by atoms with van der Waals surface area (Å²) < 4.78 is 0.0727. The molecule has 0 aromatic heterocycles. The third-order valence-electron chi connectivity index (χ3n) is 3.63. The lowest BCUT2D eigenvalue weighted by atomic mass is 10.5. The van der Waals surface area contributed by atoms with Crippen molar-refractivity contribution >= 4 is 82.9 Å². The van der Waals surface area contributed by atoms with Crippen LogP contribution in [-0.4, -0.2) is 45.4 Å². The van der Waals surface area contributed by atoms with E-state index in [-0.39, 0.29) is 12.2 Å². The number of rotatable bonds is 0. The minimum atomic E-state index is -2.81. The molecule has 2 nitrogen and oxygen atoms in total. The maximum atomic E-state index is 10.1. The summed E-state index contributed by atoms with van der Waals surface area (Å²) in [5.74, 6) is 3.15. The SMILES string of the molecule is OC1CSS23(C=CSC2=C2SC=CS2)(SC1)SCC(O)CS3. The van der Waals surface area contributed by atoms with Crippen LogP contribution < -0.4 is 0 Å². The van der Waals surface area contributed by atoms with Gasteiger partial charge in [0.1, 0.15) is 0 Å². The first-order chi connectivity index (χ1) is 10.5. The van der Waals surface area contributed by atoms with Gasteiger partial charge in [-0.3, -0.25) is 0 Å². The molecular formula is C12H16O2S8. The second kappa shape index (κ2) is 5.72. The summed E-state index contributed by atoms with van der Waals surface area (Å²) in [6, 6.07) is 0. The van der Waals surface area contributed by atoms with Gasteiger partial charge in [-0.1, -0.05) is 82.9 Å². The fraction of sp³-hybridized carbons (Fsp3) is 0.500. The molecule has 4 rings (SSSR count). The summed E-state index contributed by atoms with van der Waals surface area (Å²) >= 11 is 5.51. The van der Waals surface area contributed by atoms with E-state index in [1.165, 1.54) is 8.47 Å². The average Bonchev–Trinajstić information content (AvgIpc) is 3.15. The van der Waals surface area contributed by atoms with Crippen molar-refractivity contribution < 1.29 is 10.2 Å². The monoisotopic (exact) mass is 448 g/mol. The molecule has 0 aromatic rings. The van der Waals surface area contributed by atoms with Gasteiger partial charge in [0.2, 0.25) is 0 Å². The van der Waals surface area contributed by atoms with Crippen molar-refractivity contribution in [3.8, 4) is 0 Å². The molecule has 0 radical (unpaired) electrons. The predicted molar refractivity (Wildman–Crippen MR) is 118 cm³/mol. The van der Waals surface area contributed by atoms with Gasteiger partial charge in [-0.05, 0) is 21.6 Å². The first-order valence-electron chi connectivity index (χ1n) is 6.65. The van der Waals surface area contributed by atoms with E-state index in [9.17, 15) is 10.2 Å². The third-order valence-corrected chi connectivity index (χ3v) is 37.8. The summed E-state index contributed by atoms with van der Waals surface area (Å²) in [5.41, 5.74) is 0. The van der Waals surface area contributed by atoms with Crippen molar-refractivity contribution in [3.05, 3.63) is 30.1 Å². The Labute approximate surface area is 157 Å². The number of hydrogen-bond acceptors (Lipinski definition) is 9. The normalized spacial score (nSPS) is 41.4. The molecule has 124 valence electrons. The quantitative estimate of drug-likeness (QED) is 0.467. The Balaban J connectivity index is 1.90. The highest BCUT2D eigenvalue weighted by atomic mass is 34.1. The average molecular weight is 449 g/mol. The van der Waals surface area contributed by atoms with Crippen LogP contribution in [0.3, 0.4) is 0 Å². The van der Waals surface area contributed by atoms with Crippen molar-refractivity contribution in [3.63, 3.8) is 0 Å². The van der Waals surface area contributed by atoms with Crippen molar-refractivity contribution in [1.82, 2.24) is 0 Å². The highest BCUT2D eigenvalue weighted by Crippen LogP contribution is 3.24. The number of thioether (sulfide) groups is 3. The zero-order chi connectivity index (χ0) is 15.3. The molecule has 2 fully saturated rings. The van der Waals surface area contributed by atoms with Gasteiger partial charge in [-0.2, -0.15) is 0 Å². The van der Waals surface area contributed by atoms with E-state index in [0.29, 0.717) is 0 Å². The molecule has 0 aromatic carbocycles. The molecule has 4 aliphatic rings. The standard InChI is InChI=1S/C12H16O2S8/c13-9-5-18-22(19-6-9,20-7-10(14)8-21-22)4-3-17-12(22)11-15-1-2-16-11/h1-4,9-10,13-14H,5-8H2. The molecule has 2 N–H and O–H groups in total. The molecule has 4 heterocycles. The maximum absolute atomic E-state index is 10.1. The Bertz CT molecular complexity index is 553. The Morgan fingerprint density at radius 2 is 1.27 bits per heavy atom. The van der Waals surface area contributed by atoms with E-state index in [1.807, 2.05) is 78.5 Å². The molecule has 10 heteroatoms. The molecule has 4 aliphatic heterocycles. The van der Waals surface area contributed by atoms with Crippen molar-refractivity contribution in [2.75, 3.05) is 23.0 Å². The van der Waals surface area contributed by atoms with Gasteiger partial charge in [-0.15, -0.1) is 0 Å². The first-order valence-corrected chi connectivity index (χ1v) is 17.8. The zero-order valence-corrected chi connectivity index (χ0v) is 18.0. The van der Waals surface area contributed by atoms with Crippen LogP contribution in [0.5, 0.6) is 0 Å². The van der Waals surface area contributed by atoms with Crippen molar-refractivity contribution in [2.24, 2.45) is 0 Å². The first kappa shape index (κ1) is 17.4. The van der Waals surface area contributed by atoms with Gasteiger partial charge in [0.15, 0.2) is 0 Å². The second-order valence-electron chi connectivity index (χ2n) is 5.16. The van der Waals surface area contributed by atoms with Crippen molar-refractivity contribution in [1.29, 1.82) is 0 Å². The lowest BCUT2D eigenvalue weighted by molar-refractivity contribution is 0.225. The van der Waals surface area contributed by atoms with Gasteiger partial charge in [0, 0.05) is 23.0 Å². The maximum Gasteiger partial charge on any atom is 0.0737 e. The van der Waals surface area contributed by atoms with E-state index >= 15 is 0 Å². The molecule has 2 saturated heterocycles. The highest BCUT2D eigenvalue weighted by Gasteiger charge is 2.70. The fourth-order valence-electron chi connectivity index (χ4n) is 2.52. The molecule has 0 bridgehead atoms. The highest BCUT2D eigenvalue weighted by molar-refractivity contribution is 9.84. The van der Waals surface area contributed by atoms with Gasteiger partial charge < -0.3 is 10.2 Å². The third kappa shape index (κ3) is 2.35. The van der Waals surface area contributed by atoms with E-state index < -0.39 is 4.42 Å². The van der Waals surface area contributed by atoms with Crippen LogP contribution in [0, 0.1) is 0 Å². The lowest BCUT2D eigenvalue weighted by Crippen LogP contribution is -2.35. The van der Waals surface area contributed by atoms with E-state index in [2.05, 4.69) is 21.6 Å². The Morgan fingerprint density at radius 3 is 1.77 bits per heavy atom. The van der Waals surface area contributed by atoms with Gasteiger partial charge in [0.25, 0.3) is 0 Å². The molecule has 1 spiro atoms. The molecule has 22 heavy (non-hydrogen) atoms. The number of hydrogen-bond donors (Lipinski definition) is 2. The van der Waals surface area contributed by atoms with Crippen LogP contribution in [0.25, 0.3) is 0 Å². The minimum absolute atomic E-state index is 0.228. The Hall–Kier alpha value is 1.94. The second-order valence-corrected chi connectivity index (χ2v) is 30.8. The van der Waals surface area contributed by atoms with Crippen LogP contribution in [-0.2, 0) is 0 Å². The van der Waals surface area contributed by atoms with E-state index in [0.717, 1.165) is 23.0 Å². The van der Waals surface area contributed by atoms with Gasteiger partial charge >= 0.3 is 0 Å². The van der Waals surface area contributed by atoms with Crippen LogP contribution in [0.4, 0.5) is 0 Å². The van der Waals surface area contributed by atoms with Crippen LogP contribution in [0.15, 0.2) is 30.1 Å². The number of aliphatic hydroxyl groups excluding tert-OH is 2. The minimum Gasteiger partial charge on any atom is -0.391 e. The molecule has 0 saturated carbocycles. The van der Waals surface area contributed by atoms with Gasteiger partial charge in [-0.25, -0.2) is 0 Å². The Morgan fingerprint density at radius 1 is 0.773 bits per heavy atom. The van der Waals surface area contributed by atoms with Gasteiger partial charge in [0.05, 0.1) is 20.7 Å². The smallest absolute Gasteiger partial charge is 0.0737 e. The topological polar surface area (TPSA) is 40.5 Å².